The van der Waals surface area contributed by atoms with E-state index in [4.69, 9.17) is 4.98 Å². The molecule has 0 radical (unpaired) electrons. The number of amides is 1. The minimum atomic E-state index is 0.0646. The molecule has 2 N–H and O–H groups in total. The summed E-state index contributed by atoms with van der Waals surface area (Å²) in [5.74, 6) is 0.0646. The van der Waals surface area contributed by atoms with Crippen LogP contribution in [-0.2, 0) is 11.2 Å². The Bertz CT molecular complexity index is 884. The molecule has 0 aliphatic rings. The van der Waals surface area contributed by atoms with E-state index in [2.05, 4.69) is 15.7 Å². The molecule has 0 bridgehead atoms. The molecule has 0 saturated heterocycles. The van der Waals surface area contributed by atoms with Crippen LogP contribution < -0.4 is 10.6 Å². The minimum absolute atomic E-state index is 0.0646. The zero-order chi connectivity index (χ0) is 17.1. The number of benzene rings is 1. The highest BCUT2D eigenvalue weighted by atomic mass is 16.1. The molecule has 0 fully saturated rings. The summed E-state index contributed by atoms with van der Waals surface area (Å²) < 4.78 is 1.89. The van der Waals surface area contributed by atoms with Crippen molar-refractivity contribution < 1.29 is 4.79 Å². The van der Waals surface area contributed by atoms with Gasteiger partial charge in [0.2, 0.25) is 5.91 Å². The number of carbonyl (C=O) groups excluding carboxylic acids is 1. The molecule has 0 atom stereocenters. The van der Waals surface area contributed by atoms with E-state index in [1.165, 1.54) is 0 Å². The van der Waals surface area contributed by atoms with E-state index >= 15 is 0 Å². The molecule has 0 unspecified atom stereocenters. The summed E-state index contributed by atoms with van der Waals surface area (Å²) in [6, 6.07) is 8.01. The fourth-order valence-corrected chi connectivity index (χ4v) is 2.99. The third-order valence-electron chi connectivity index (χ3n) is 4.32. The number of aryl methyl sites for hydroxylation is 2. The molecule has 0 aliphatic heterocycles. The molecule has 0 aliphatic carbocycles. The van der Waals surface area contributed by atoms with Gasteiger partial charge < -0.3 is 10.6 Å². The Kier molecular flexibility index (Phi) is 4.76. The van der Waals surface area contributed by atoms with Crippen LogP contribution in [0.25, 0.3) is 16.6 Å². The lowest BCUT2D eigenvalue weighted by Crippen LogP contribution is -2.30. The van der Waals surface area contributed by atoms with E-state index < -0.39 is 0 Å². The van der Waals surface area contributed by atoms with Crippen molar-refractivity contribution in [1.29, 1.82) is 0 Å². The molecule has 2 aromatic heterocycles. The molecule has 126 valence electrons. The van der Waals surface area contributed by atoms with Crippen molar-refractivity contribution in [1.82, 2.24) is 25.2 Å². The van der Waals surface area contributed by atoms with Crippen LogP contribution in [0.4, 0.5) is 0 Å². The topological polar surface area (TPSA) is 71.3 Å². The number of nitrogens with one attached hydrogen (secondary N) is 2. The maximum atomic E-state index is 11.9. The zero-order valence-electron chi connectivity index (χ0n) is 14.4. The molecule has 3 aromatic rings. The summed E-state index contributed by atoms with van der Waals surface area (Å²) in [6.07, 6.45) is 1.13. The lowest BCUT2D eigenvalue weighted by Gasteiger charge is -2.11. The second kappa shape index (κ2) is 6.97. The number of carbonyl (C=O) groups is 1. The van der Waals surface area contributed by atoms with Gasteiger partial charge in [-0.05, 0) is 45.0 Å². The summed E-state index contributed by atoms with van der Waals surface area (Å²) in [5, 5.41) is 11.6. The standard InChI is InChI=1S/C18H23N5O/c1-12-14(8-9-17(24)20-11-10-19-3)13(2)23-18(21-12)15-6-4-5-7-16(15)22-23/h4-7,19H,8-11H2,1-3H3,(H,20,24). The van der Waals surface area contributed by atoms with Gasteiger partial charge in [0.05, 0.1) is 5.52 Å². The predicted molar refractivity (Wildman–Crippen MR) is 95.2 cm³/mol. The molecular weight excluding hydrogens is 302 g/mol. The van der Waals surface area contributed by atoms with Crippen LogP contribution in [0.3, 0.4) is 0 Å². The summed E-state index contributed by atoms with van der Waals surface area (Å²) in [4.78, 5) is 16.7. The number of nitrogens with zero attached hydrogens (tertiary/aromatic N) is 3. The normalized spacial score (nSPS) is 11.3. The fourth-order valence-electron chi connectivity index (χ4n) is 2.99. The molecule has 1 amide bonds. The highest BCUT2D eigenvalue weighted by Crippen LogP contribution is 2.22. The number of hydrogen-bond acceptors (Lipinski definition) is 4. The third kappa shape index (κ3) is 3.10. The second-order valence-corrected chi connectivity index (χ2v) is 5.97. The van der Waals surface area contributed by atoms with Crippen LogP contribution in [0, 0.1) is 13.8 Å². The van der Waals surface area contributed by atoms with Crippen molar-refractivity contribution >= 4 is 22.5 Å². The molecule has 0 spiro atoms. The Morgan fingerprint density at radius 3 is 2.79 bits per heavy atom. The van der Waals surface area contributed by atoms with E-state index in [9.17, 15) is 4.79 Å². The Balaban J connectivity index is 1.86. The van der Waals surface area contributed by atoms with Gasteiger partial charge in [0.25, 0.3) is 0 Å². The first-order valence-electron chi connectivity index (χ1n) is 8.26. The molecule has 2 heterocycles. The van der Waals surface area contributed by atoms with E-state index in [0.29, 0.717) is 19.4 Å². The first kappa shape index (κ1) is 16.4. The molecule has 24 heavy (non-hydrogen) atoms. The molecule has 6 nitrogen and oxygen atoms in total. The number of rotatable bonds is 6. The molecule has 3 rings (SSSR count). The van der Waals surface area contributed by atoms with Crippen molar-refractivity contribution in [2.75, 3.05) is 20.1 Å². The van der Waals surface area contributed by atoms with Gasteiger partial charge >= 0.3 is 0 Å². The van der Waals surface area contributed by atoms with Gasteiger partial charge in [-0.3, -0.25) is 4.79 Å². The maximum Gasteiger partial charge on any atom is 0.220 e. The van der Waals surface area contributed by atoms with Crippen molar-refractivity contribution in [2.45, 2.75) is 26.7 Å². The highest BCUT2D eigenvalue weighted by molar-refractivity contribution is 5.92. The van der Waals surface area contributed by atoms with Crippen molar-refractivity contribution in [3.8, 4) is 0 Å². The molecule has 1 aromatic carbocycles. The fraction of sp³-hybridized carbons (Fsp3) is 0.389. The number of likely N-dealkylation sites (N-methyl/N-ethyl adjacent to an activating group) is 1. The zero-order valence-corrected chi connectivity index (χ0v) is 14.4. The van der Waals surface area contributed by atoms with Gasteiger partial charge in [-0.2, -0.15) is 5.10 Å². The summed E-state index contributed by atoms with van der Waals surface area (Å²) in [5.41, 5.74) is 4.93. The predicted octanol–water partition coefficient (Wildman–Crippen LogP) is 1.77. The Hall–Kier alpha value is -2.47. The van der Waals surface area contributed by atoms with Gasteiger partial charge in [0.15, 0.2) is 5.65 Å². The van der Waals surface area contributed by atoms with Gasteiger partial charge in [0, 0.05) is 36.3 Å². The van der Waals surface area contributed by atoms with Crippen molar-refractivity contribution in [3.05, 3.63) is 41.2 Å². The lowest BCUT2D eigenvalue weighted by atomic mass is 10.1. The highest BCUT2D eigenvalue weighted by Gasteiger charge is 2.14. The van der Waals surface area contributed by atoms with Crippen molar-refractivity contribution in [3.63, 3.8) is 0 Å². The largest absolute Gasteiger partial charge is 0.355 e. The first-order valence-corrected chi connectivity index (χ1v) is 8.26. The van der Waals surface area contributed by atoms with Gasteiger partial charge in [-0.15, -0.1) is 0 Å². The van der Waals surface area contributed by atoms with Crippen LogP contribution in [0.15, 0.2) is 24.3 Å². The lowest BCUT2D eigenvalue weighted by molar-refractivity contribution is -0.121. The quantitative estimate of drug-likeness (QED) is 0.678. The molecule has 6 heteroatoms. The summed E-state index contributed by atoms with van der Waals surface area (Å²) in [6.45, 7) is 5.47. The van der Waals surface area contributed by atoms with E-state index in [1.807, 2.05) is 49.7 Å². The monoisotopic (exact) mass is 325 g/mol. The Morgan fingerprint density at radius 2 is 2.00 bits per heavy atom. The van der Waals surface area contributed by atoms with Crippen LogP contribution in [0.1, 0.15) is 23.4 Å². The average molecular weight is 325 g/mol. The van der Waals surface area contributed by atoms with E-state index in [-0.39, 0.29) is 5.91 Å². The summed E-state index contributed by atoms with van der Waals surface area (Å²) in [7, 11) is 1.87. The van der Waals surface area contributed by atoms with E-state index in [0.717, 1.165) is 40.0 Å². The smallest absolute Gasteiger partial charge is 0.220 e. The van der Waals surface area contributed by atoms with Crippen LogP contribution in [0.2, 0.25) is 0 Å². The van der Waals surface area contributed by atoms with Crippen LogP contribution in [-0.4, -0.2) is 40.6 Å². The number of aromatic nitrogens is 3. The SMILES string of the molecule is CNCCNC(=O)CCc1c(C)nc2c3ccccc3nn2c1C. The van der Waals surface area contributed by atoms with Gasteiger partial charge in [0.1, 0.15) is 0 Å². The van der Waals surface area contributed by atoms with E-state index in [1.54, 1.807) is 0 Å². The number of fused-ring (bicyclic) bond motifs is 3. The average Bonchev–Trinajstić information content (AvgIpc) is 2.94. The Labute approximate surface area is 141 Å². The van der Waals surface area contributed by atoms with Crippen molar-refractivity contribution in [2.24, 2.45) is 0 Å². The summed E-state index contributed by atoms with van der Waals surface area (Å²) >= 11 is 0. The van der Waals surface area contributed by atoms with Gasteiger partial charge in [-0.25, -0.2) is 9.50 Å². The first-order chi connectivity index (χ1) is 11.6. The Morgan fingerprint density at radius 1 is 1.21 bits per heavy atom. The molecular formula is C18H23N5O. The van der Waals surface area contributed by atoms with Gasteiger partial charge in [-0.1, -0.05) is 12.1 Å². The second-order valence-electron chi connectivity index (χ2n) is 5.97. The maximum absolute atomic E-state index is 11.9. The number of hydrogen-bond donors (Lipinski definition) is 2. The van der Waals surface area contributed by atoms with Crippen LogP contribution >= 0.6 is 0 Å². The minimum Gasteiger partial charge on any atom is -0.355 e. The third-order valence-corrected chi connectivity index (χ3v) is 4.32. The molecule has 0 saturated carbocycles. The van der Waals surface area contributed by atoms with Crippen LogP contribution in [0.5, 0.6) is 0 Å².